The number of hydrogen-bond acceptors (Lipinski definition) is 4. The van der Waals surface area contributed by atoms with Crippen molar-refractivity contribution in [2.24, 2.45) is 0 Å². The molecule has 4 nitrogen and oxygen atoms in total. The molecule has 2 N–H and O–H groups in total. The van der Waals surface area contributed by atoms with Gasteiger partial charge in [-0.25, -0.2) is 4.98 Å². The first-order valence-electron chi connectivity index (χ1n) is 5.14. The highest BCUT2D eigenvalue weighted by atomic mass is 79.9. The fourth-order valence-corrected chi connectivity index (χ4v) is 2.84. The fraction of sp³-hybridized carbons (Fsp3) is 0.400. The molecule has 6 heteroatoms. The molecule has 0 unspecified atom stereocenters. The van der Waals surface area contributed by atoms with E-state index in [1.54, 1.807) is 17.7 Å². The predicted octanol–water partition coefficient (Wildman–Crippen LogP) is 2.35. The molecule has 0 bridgehead atoms. The molecule has 0 amide bonds. The Morgan fingerprint density at radius 1 is 1.44 bits per heavy atom. The zero-order chi connectivity index (χ0) is 11.2. The average molecular weight is 301 g/mol. The van der Waals surface area contributed by atoms with Crippen molar-refractivity contribution in [2.45, 2.75) is 19.4 Å². The first-order chi connectivity index (χ1) is 7.84. The van der Waals surface area contributed by atoms with Crippen LogP contribution in [0.4, 0.5) is 0 Å². The van der Waals surface area contributed by atoms with Crippen molar-refractivity contribution in [3.8, 4) is 0 Å². The number of rotatable bonds is 6. The first kappa shape index (κ1) is 11.8. The lowest BCUT2D eigenvalue weighted by Crippen LogP contribution is -2.14. The van der Waals surface area contributed by atoms with Crippen molar-refractivity contribution in [1.29, 1.82) is 0 Å². The SMILES string of the molecule is Brc1ccc(CNCCCc2ncn[nH]2)s1. The van der Waals surface area contributed by atoms with Gasteiger partial charge in [0.1, 0.15) is 12.2 Å². The van der Waals surface area contributed by atoms with Gasteiger partial charge in [0.05, 0.1) is 3.79 Å². The number of nitrogens with zero attached hydrogens (tertiary/aromatic N) is 2. The Bertz CT molecular complexity index is 412. The molecular formula is C10H13BrN4S. The van der Waals surface area contributed by atoms with E-state index in [-0.39, 0.29) is 0 Å². The average Bonchev–Trinajstić information content (AvgIpc) is 2.89. The predicted molar refractivity (Wildman–Crippen MR) is 68.4 cm³/mol. The number of nitrogens with one attached hydrogen (secondary N) is 2. The van der Waals surface area contributed by atoms with Crippen molar-refractivity contribution in [3.63, 3.8) is 0 Å². The van der Waals surface area contributed by atoms with E-state index in [0.717, 1.165) is 31.8 Å². The third-order valence-electron chi connectivity index (χ3n) is 2.16. The summed E-state index contributed by atoms with van der Waals surface area (Å²) in [5, 5.41) is 10.1. The molecule has 16 heavy (non-hydrogen) atoms. The van der Waals surface area contributed by atoms with Crippen molar-refractivity contribution in [1.82, 2.24) is 20.5 Å². The van der Waals surface area contributed by atoms with Crippen LogP contribution in [0.1, 0.15) is 17.1 Å². The zero-order valence-corrected chi connectivity index (χ0v) is 11.1. The van der Waals surface area contributed by atoms with Crippen molar-refractivity contribution in [2.75, 3.05) is 6.54 Å². The maximum atomic E-state index is 4.08. The summed E-state index contributed by atoms with van der Waals surface area (Å²) in [5.74, 6) is 0.959. The smallest absolute Gasteiger partial charge is 0.137 e. The van der Waals surface area contributed by atoms with E-state index < -0.39 is 0 Å². The molecule has 0 aliphatic rings. The van der Waals surface area contributed by atoms with Gasteiger partial charge in [-0.1, -0.05) is 0 Å². The van der Waals surface area contributed by atoms with Crippen LogP contribution in [0.25, 0.3) is 0 Å². The van der Waals surface area contributed by atoms with E-state index in [0.29, 0.717) is 0 Å². The lowest BCUT2D eigenvalue weighted by Gasteiger charge is -2.01. The van der Waals surface area contributed by atoms with Crippen LogP contribution in [0.15, 0.2) is 22.2 Å². The Balaban J connectivity index is 1.59. The standard InChI is InChI=1S/C10H13BrN4S/c11-9-4-3-8(16-9)6-12-5-1-2-10-13-7-14-15-10/h3-4,7,12H,1-2,5-6H2,(H,13,14,15). The highest BCUT2D eigenvalue weighted by Crippen LogP contribution is 2.21. The quantitative estimate of drug-likeness (QED) is 0.805. The molecule has 86 valence electrons. The summed E-state index contributed by atoms with van der Waals surface area (Å²) >= 11 is 5.22. The number of aromatic amines is 1. The lowest BCUT2D eigenvalue weighted by molar-refractivity contribution is 0.644. The van der Waals surface area contributed by atoms with Crippen LogP contribution >= 0.6 is 27.3 Å². The minimum atomic E-state index is 0.937. The summed E-state index contributed by atoms with van der Waals surface area (Å²) in [4.78, 5) is 5.43. The van der Waals surface area contributed by atoms with E-state index in [9.17, 15) is 0 Å². The van der Waals surface area contributed by atoms with E-state index in [1.165, 1.54) is 8.66 Å². The molecule has 2 aromatic rings. The molecule has 0 aliphatic carbocycles. The zero-order valence-electron chi connectivity index (χ0n) is 8.74. The molecule has 0 fully saturated rings. The Morgan fingerprint density at radius 2 is 2.38 bits per heavy atom. The summed E-state index contributed by atoms with van der Waals surface area (Å²) in [7, 11) is 0. The Labute approximate surface area is 107 Å². The minimum Gasteiger partial charge on any atom is -0.312 e. The van der Waals surface area contributed by atoms with Crippen molar-refractivity contribution < 1.29 is 0 Å². The molecule has 0 radical (unpaired) electrons. The van der Waals surface area contributed by atoms with Crippen LogP contribution in [-0.4, -0.2) is 21.7 Å². The summed E-state index contributed by atoms with van der Waals surface area (Å²) in [6.45, 7) is 1.93. The number of aryl methyl sites for hydroxylation is 1. The summed E-state index contributed by atoms with van der Waals surface area (Å²) in [6.07, 6.45) is 3.56. The van der Waals surface area contributed by atoms with Crippen LogP contribution in [0, 0.1) is 0 Å². The molecule has 0 atom stereocenters. The summed E-state index contributed by atoms with van der Waals surface area (Å²) < 4.78 is 1.19. The number of H-pyrrole nitrogens is 1. The largest absolute Gasteiger partial charge is 0.312 e. The van der Waals surface area contributed by atoms with Gasteiger partial charge in [0.25, 0.3) is 0 Å². The molecule has 0 saturated heterocycles. The monoisotopic (exact) mass is 300 g/mol. The van der Waals surface area contributed by atoms with Crippen molar-refractivity contribution >= 4 is 27.3 Å². The third kappa shape index (κ3) is 3.70. The van der Waals surface area contributed by atoms with Crippen LogP contribution in [-0.2, 0) is 13.0 Å². The molecule has 0 aliphatic heterocycles. The maximum Gasteiger partial charge on any atom is 0.137 e. The van der Waals surface area contributed by atoms with E-state index in [2.05, 4.69) is 48.6 Å². The third-order valence-corrected chi connectivity index (χ3v) is 3.78. The number of thiophene rings is 1. The van der Waals surface area contributed by atoms with Gasteiger partial charge in [-0.15, -0.1) is 11.3 Å². The van der Waals surface area contributed by atoms with Gasteiger partial charge < -0.3 is 5.32 Å². The van der Waals surface area contributed by atoms with Gasteiger partial charge in [-0.05, 0) is 41.0 Å². The normalized spacial score (nSPS) is 10.8. The topological polar surface area (TPSA) is 53.6 Å². The van der Waals surface area contributed by atoms with Crippen LogP contribution in [0.5, 0.6) is 0 Å². The van der Waals surface area contributed by atoms with E-state index in [4.69, 9.17) is 0 Å². The van der Waals surface area contributed by atoms with Crippen LogP contribution < -0.4 is 5.32 Å². The molecule has 0 aromatic carbocycles. The maximum absolute atomic E-state index is 4.08. The van der Waals surface area contributed by atoms with Gasteiger partial charge in [-0.2, -0.15) is 5.10 Å². The van der Waals surface area contributed by atoms with Crippen LogP contribution in [0.2, 0.25) is 0 Å². The first-order valence-corrected chi connectivity index (χ1v) is 6.75. The molecule has 0 saturated carbocycles. The number of aromatic nitrogens is 3. The lowest BCUT2D eigenvalue weighted by atomic mass is 10.3. The van der Waals surface area contributed by atoms with E-state index >= 15 is 0 Å². The molecule has 2 heterocycles. The Hall–Kier alpha value is -0.720. The second kappa shape index (κ2) is 6.12. The molecule has 2 rings (SSSR count). The number of halogens is 1. The Kier molecular flexibility index (Phi) is 4.50. The van der Waals surface area contributed by atoms with Gasteiger partial charge in [0.2, 0.25) is 0 Å². The second-order valence-electron chi connectivity index (χ2n) is 3.42. The van der Waals surface area contributed by atoms with Gasteiger partial charge >= 0.3 is 0 Å². The fourth-order valence-electron chi connectivity index (χ4n) is 1.39. The van der Waals surface area contributed by atoms with Gasteiger partial charge in [0.15, 0.2) is 0 Å². The highest BCUT2D eigenvalue weighted by Gasteiger charge is 1.98. The second-order valence-corrected chi connectivity index (χ2v) is 5.97. The molecule has 2 aromatic heterocycles. The van der Waals surface area contributed by atoms with Gasteiger partial charge in [-0.3, -0.25) is 5.10 Å². The minimum absolute atomic E-state index is 0.937. The summed E-state index contributed by atoms with van der Waals surface area (Å²) in [5.41, 5.74) is 0. The summed E-state index contributed by atoms with van der Waals surface area (Å²) in [6, 6.07) is 4.22. The Morgan fingerprint density at radius 3 is 3.06 bits per heavy atom. The number of hydrogen-bond donors (Lipinski definition) is 2. The van der Waals surface area contributed by atoms with Crippen molar-refractivity contribution in [3.05, 3.63) is 32.9 Å². The van der Waals surface area contributed by atoms with Crippen LogP contribution in [0.3, 0.4) is 0 Å². The van der Waals surface area contributed by atoms with Gasteiger partial charge in [0, 0.05) is 17.8 Å². The molecule has 0 spiro atoms. The molecular weight excluding hydrogens is 288 g/mol. The highest BCUT2D eigenvalue weighted by molar-refractivity contribution is 9.11. The van der Waals surface area contributed by atoms with E-state index in [1.807, 2.05) is 0 Å².